The van der Waals surface area contributed by atoms with E-state index in [-0.39, 0.29) is 73.3 Å². The van der Waals surface area contributed by atoms with Crippen LogP contribution >= 0.6 is 0 Å². The average Bonchev–Trinajstić information content (AvgIpc) is 3.67. The third kappa shape index (κ3) is 6.02. The second kappa shape index (κ2) is 13.4. The minimum atomic E-state index is -1.58. The van der Waals surface area contributed by atoms with E-state index in [0.717, 1.165) is 11.1 Å². The number of hydrogen-bond acceptors (Lipinski definition) is 10. The van der Waals surface area contributed by atoms with E-state index < -0.39 is 36.2 Å². The Morgan fingerprint density at radius 3 is 2.33 bits per heavy atom. The van der Waals surface area contributed by atoms with Crippen LogP contribution < -0.4 is 36.1 Å². The Balaban J connectivity index is 0.00000300. The van der Waals surface area contributed by atoms with Gasteiger partial charge in [0.25, 0.3) is 0 Å². The number of aliphatic carboxylic acids is 2. The fraction of sp³-hybridized carbons (Fsp3) is 0.294. The molecule has 232 valence electrons. The molecule has 5 rings (SSSR count). The predicted molar refractivity (Wildman–Crippen MR) is 168 cm³/mol. The van der Waals surface area contributed by atoms with Gasteiger partial charge in [0.15, 0.2) is 0 Å². The number of carbonyl (C=O) groups is 3. The van der Waals surface area contributed by atoms with Crippen LogP contribution in [0.25, 0.3) is 11.6 Å². The van der Waals surface area contributed by atoms with Crippen molar-refractivity contribution < 1.29 is 39.1 Å². The molecular formula is C34H32MgN4O7. The van der Waals surface area contributed by atoms with Gasteiger partial charge in [0.2, 0.25) is 0 Å². The standard InChI is InChI=1S/C34H34N4O7.Mg/c1-6-18-15(3)23-11-24-16(4)20(8-9-29(40)41)32(37-24)21(10-30(42)43)33-31(34(44)45)17(5)25(38-33)12-27-19(7-2)22(14-39)28(36-27)13-26(18)35-23;/h6,11-14,16,20H,1,7-10H2,2-5H3,(H5,35,36,37,38,39,40,41,42,43,44,45);/q;+2/p-2. The number of hydrogen-bond donors (Lipinski definition) is 0. The van der Waals surface area contributed by atoms with Crippen LogP contribution in [0.15, 0.2) is 85.4 Å². The van der Waals surface area contributed by atoms with Gasteiger partial charge in [-0.3, -0.25) is 4.99 Å². The van der Waals surface area contributed by atoms with Gasteiger partial charge in [-0.05, 0) is 73.1 Å². The van der Waals surface area contributed by atoms with Crippen molar-refractivity contribution in [2.75, 3.05) is 0 Å². The molecule has 0 saturated carbocycles. The topological polar surface area (TPSA) is 195 Å². The Morgan fingerprint density at radius 1 is 1.02 bits per heavy atom. The first-order valence-corrected chi connectivity index (χ1v) is 14.5. The van der Waals surface area contributed by atoms with E-state index in [1.165, 1.54) is 6.92 Å². The fourth-order valence-electron chi connectivity index (χ4n) is 6.29. The van der Waals surface area contributed by atoms with Gasteiger partial charge < -0.3 is 39.8 Å². The third-order valence-electron chi connectivity index (χ3n) is 8.64. The van der Waals surface area contributed by atoms with Crippen molar-refractivity contribution in [3.63, 3.8) is 0 Å². The molecule has 0 radical (unpaired) electrons. The quantitative estimate of drug-likeness (QED) is 0.249. The smallest absolute Gasteiger partial charge is 0.877 e. The average molecular weight is 633 g/mol. The molecule has 8 bridgehead atoms. The van der Waals surface area contributed by atoms with Gasteiger partial charge in [0.05, 0.1) is 28.8 Å². The van der Waals surface area contributed by atoms with Gasteiger partial charge in [-0.1, -0.05) is 38.1 Å². The van der Waals surface area contributed by atoms with E-state index in [4.69, 9.17) is 15.0 Å². The fourth-order valence-corrected chi connectivity index (χ4v) is 6.29. The van der Waals surface area contributed by atoms with E-state index in [2.05, 4.69) is 11.6 Å². The van der Waals surface area contributed by atoms with Crippen LogP contribution in [-0.2, 0) is 9.59 Å². The van der Waals surface area contributed by atoms with Crippen molar-refractivity contribution in [2.24, 2.45) is 26.8 Å². The van der Waals surface area contributed by atoms with Crippen molar-refractivity contribution in [1.82, 2.24) is 4.98 Å². The molecule has 2 atom stereocenters. The maximum atomic E-state index is 12.5. The summed E-state index contributed by atoms with van der Waals surface area (Å²) in [5.41, 5.74) is 4.82. The number of carboxylic acids is 3. The summed E-state index contributed by atoms with van der Waals surface area (Å²) in [5.74, 6) is -5.40. The maximum absolute atomic E-state index is 12.5. The summed E-state index contributed by atoms with van der Waals surface area (Å²) < 4.78 is 0. The van der Waals surface area contributed by atoms with Crippen LogP contribution in [-0.4, -0.2) is 58.1 Å². The molecule has 5 heterocycles. The summed E-state index contributed by atoms with van der Waals surface area (Å²) in [7, 11) is 0. The number of nitrogens with zero attached hydrogens (tertiary/aromatic N) is 4. The second-order valence-corrected chi connectivity index (χ2v) is 11.2. The zero-order chi connectivity index (χ0) is 32.7. The number of aliphatic imine (C=N–C) groups is 3. The second-order valence-electron chi connectivity index (χ2n) is 11.2. The summed E-state index contributed by atoms with van der Waals surface area (Å²) in [6.07, 6.45) is 6.76. The monoisotopic (exact) mass is 632 g/mol. The number of carboxylic acid groups (broad SMARTS) is 3. The largest absolute Gasteiger partial charge is 2.00 e. The first-order valence-electron chi connectivity index (χ1n) is 14.5. The molecule has 1 aromatic heterocycles. The number of aromatic nitrogens is 1. The number of fused-ring (bicyclic) bond motifs is 5. The molecule has 46 heavy (non-hydrogen) atoms. The summed E-state index contributed by atoms with van der Waals surface area (Å²) in [6.45, 7) is 11.0. The number of allylic oxidation sites excluding steroid dienone is 8. The van der Waals surface area contributed by atoms with Gasteiger partial charge in [-0.25, -0.2) is 9.98 Å². The van der Waals surface area contributed by atoms with Crippen molar-refractivity contribution in [3.8, 4) is 0 Å². The predicted octanol–water partition coefficient (Wildman–Crippen LogP) is -1.32. The van der Waals surface area contributed by atoms with Gasteiger partial charge >= 0.3 is 27.3 Å². The molecule has 1 aromatic rings. The van der Waals surface area contributed by atoms with E-state index in [9.17, 15) is 34.8 Å². The SMILES string of the molecule is C=CC1=C(C)C2=NC1=CC1=NC(=C(CC)/C1=C\[O-])C=c1[n-]c(c(C(=O)[O-])c1C)=C(CC(=O)[O-])C1=NC(=C2)C(C)C1CCC(=O)[O-].[H+].[H+].[H+].[Mg+2]. The molecule has 4 aliphatic heterocycles. The van der Waals surface area contributed by atoms with Crippen LogP contribution in [0.4, 0.5) is 0 Å². The summed E-state index contributed by atoms with van der Waals surface area (Å²) in [5, 5.41) is 48.5. The van der Waals surface area contributed by atoms with Crippen LogP contribution in [0.5, 0.6) is 0 Å². The Bertz CT molecular complexity index is 1980. The van der Waals surface area contributed by atoms with Crippen molar-refractivity contribution in [3.05, 3.63) is 92.3 Å². The zero-order valence-corrected chi connectivity index (χ0v) is 27.3. The van der Waals surface area contributed by atoms with Gasteiger partial charge in [0, 0.05) is 47.2 Å². The van der Waals surface area contributed by atoms with Gasteiger partial charge in [-0.2, -0.15) is 0 Å². The van der Waals surface area contributed by atoms with E-state index >= 15 is 0 Å². The van der Waals surface area contributed by atoms with E-state index in [0.29, 0.717) is 52.3 Å². The molecule has 11 nitrogen and oxygen atoms in total. The number of rotatable bonds is 8. The molecule has 4 aliphatic rings. The maximum Gasteiger partial charge on any atom is 2.00 e. The molecule has 0 amide bonds. The first-order chi connectivity index (χ1) is 21.4. The van der Waals surface area contributed by atoms with Crippen LogP contribution in [0.3, 0.4) is 0 Å². The minimum Gasteiger partial charge on any atom is -0.877 e. The number of carbonyl (C=O) groups excluding carboxylic acids is 3. The number of aromatic carboxylic acids is 1. The Hall–Kier alpha value is -4.55. The van der Waals surface area contributed by atoms with Crippen molar-refractivity contribution in [2.45, 2.75) is 53.4 Å². The summed E-state index contributed by atoms with van der Waals surface area (Å²) in [4.78, 5) is 55.0. The molecule has 2 unspecified atom stereocenters. The summed E-state index contributed by atoms with van der Waals surface area (Å²) >= 11 is 0. The zero-order valence-electron chi connectivity index (χ0n) is 28.9. The van der Waals surface area contributed by atoms with E-state index in [1.807, 2.05) is 20.8 Å². The van der Waals surface area contributed by atoms with Crippen LogP contribution in [0, 0.1) is 18.8 Å². The molecule has 0 fully saturated rings. The van der Waals surface area contributed by atoms with Gasteiger partial charge in [0.1, 0.15) is 0 Å². The normalized spacial score (nSPS) is 21.3. The van der Waals surface area contributed by atoms with E-state index in [1.54, 1.807) is 24.3 Å². The molecular weight excluding hydrogens is 601 g/mol. The molecule has 0 saturated heterocycles. The van der Waals surface area contributed by atoms with Crippen LogP contribution in [0.1, 0.15) is 66.7 Å². The van der Waals surface area contributed by atoms with Crippen LogP contribution in [0.2, 0.25) is 0 Å². The van der Waals surface area contributed by atoms with Crippen molar-refractivity contribution >= 4 is 69.7 Å². The molecule has 12 heteroatoms. The summed E-state index contributed by atoms with van der Waals surface area (Å²) in [6, 6.07) is 0. The Morgan fingerprint density at radius 2 is 1.74 bits per heavy atom. The molecule has 0 N–H and O–H groups in total. The Kier molecular flexibility index (Phi) is 10.0. The molecule has 0 aliphatic carbocycles. The van der Waals surface area contributed by atoms with Gasteiger partial charge in [-0.15, -0.1) is 17.0 Å². The minimum absolute atomic E-state index is 0. The first kappa shape index (κ1) is 34.3. The molecule has 0 spiro atoms. The molecule has 0 aromatic carbocycles. The van der Waals surface area contributed by atoms with Crippen molar-refractivity contribution in [1.29, 1.82) is 0 Å². The Labute approximate surface area is 285 Å². The third-order valence-corrected chi connectivity index (χ3v) is 8.64.